The first-order chi connectivity index (χ1) is 10.2. The minimum absolute atomic E-state index is 0.474. The van der Waals surface area contributed by atoms with Gasteiger partial charge in [-0.25, -0.2) is 0 Å². The van der Waals surface area contributed by atoms with E-state index < -0.39 is 0 Å². The number of anilines is 1. The topological polar surface area (TPSA) is 35.8 Å². The van der Waals surface area contributed by atoms with Crippen LogP contribution in [0.5, 0.6) is 0 Å². The van der Waals surface area contributed by atoms with Crippen molar-refractivity contribution in [2.24, 2.45) is 0 Å². The number of nitrogens with one attached hydrogen (secondary N) is 1. The maximum atomic E-state index is 9.01. The van der Waals surface area contributed by atoms with E-state index in [1.165, 1.54) is 11.1 Å². The number of hydrogen-bond acceptors (Lipinski definition) is 2. The van der Waals surface area contributed by atoms with Gasteiger partial charge in [-0.2, -0.15) is 5.26 Å². The SMILES string of the molecule is Cc1ccccc1C1CC(Nc2ccc(Cl)c(C#N)c2)C1. The van der Waals surface area contributed by atoms with Crippen LogP contribution in [0.4, 0.5) is 5.69 Å². The lowest BCUT2D eigenvalue weighted by molar-refractivity contribution is 0.373. The molecule has 1 aliphatic rings. The fourth-order valence-electron chi connectivity index (χ4n) is 2.97. The van der Waals surface area contributed by atoms with Gasteiger partial charge < -0.3 is 5.32 Å². The van der Waals surface area contributed by atoms with E-state index in [9.17, 15) is 0 Å². The monoisotopic (exact) mass is 296 g/mol. The van der Waals surface area contributed by atoms with Gasteiger partial charge in [0, 0.05) is 11.7 Å². The minimum atomic E-state index is 0.474. The Morgan fingerprint density at radius 1 is 1.19 bits per heavy atom. The maximum Gasteiger partial charge on any atom is 0.101 e. The predicted molar refractivity (Wildman–Crippen MR) is 86.7 cm³/mol. The molecule has 3 rings (SSSR count). The van der Waals surface area contributed by atoms with Gasteiger partial charge in [0.25, 0.3) is 0 Å². The molecule has 1 fully saturated rings. The summed E-state index contributed by atoms with van der Waals surface area (Å²) in [4.78, 5) is 0. The molecule has 2 nitrogen and oxygen atoms in total. The van der Waals surface area contributed by atoms with Crippen LogP contribution in [-0.4, -0.2) is 6.04 Å². The molecule has 1 N–H and O–H groups in total. The third kappa shape index (κ3) is 2.89. The zero-order valence-corrected chi connectivity index (χ0v) is 12.7. The molecule has 0 bridgehead atoms. The second kappa shape index (κ2) is 5.79. The van der Waals surface area contributed by atoms with E-state index in [1.54, 1.807) is 6.07 Å². The Bertz CT molecular complexity index is 697. The molecule has 0 saturated heterocycles. The zero-order valence-electron chi connectivity index (χ0n) is 11.9. The van der Waals surface area contributed by atoms with Crippen molar-refractivity contribution in [1.29, 1.82) is 5.26 Å². The lowest BCUT2D eigenvalue weighted by atomic mass is 9.74. The van der Waals surface area contributed by atoms with Crippen molar-refractivity contribution in [2.45, 2.75) is 31.7 Å². The van der Waals surface area contributed by atoms with Gasteiger partial charge in [-0.15, -0.1) is 0 Å². The van der Waals surface area contributed by atoms with Gasteiger partial charge in [-0.3, -0.25) is 0 Å². The molecule has 0 aliphatic heterocycles. The molecule has 21 heavy (non-hydrogen) atoms. The fourth-order valence-corrected chi connectivity index (χ4v) is 3.13. The van der Waals surface area contributed by atoms with Crippen molar-refractivity contribution in [3.8, 4) is 6.07 Å². The van der Waals surface area contributed by atoms with Gasteiger partial charge in [0.2, 0.25) is 0 Å². The Kier molecular flexibility index (Phi) is 3.86. The Morgan fingerprint density at radius 2 is 1.95 bits per heavy atom. The van der Waals surface area contributed by atoms with E-state index in [0.717, 1.165) is 18.5 Å². The second-order valence-electron chi connectivity index (χ2n) is 5.67. The third-order valence-electron chi connectivity index (χ3n) is 4.22. The lowest BCUT2D eigenvalue weighted by Crippen LogP contribution is -2.34. The zero-order chi connectivity index (χ0) is 14.8. The predicted octanol–water partition coefficient (Wildman–Crippen LogP) is 4.88. The van der Waals surface area contributed by atoms with Crippen molar-refractivity contribution in [2.75, 3.05) is 5.32 Å². The van der Waals surface area contributed by atoms with E-state index in [2.05, 4.69) is 42.6 Å². The molecule has 106 valence electrons. The summed E-state index contributed by atoms with van der Waals surface area (Å²) in [6, 6.07) is 16.7. The van der Waals surface area contributed by atoms with Crippen LogP contribution in [0.25, 0.3) is 0 Å². The van der Waals surface area contributed by atoms with Crippen molar-refractivity contribution < 1.29 is 0 Å². The highest BCUT2D eigenvalue weighted by Crippen LogP contribution is 2.39. The van der Waals surface area contributed by atoms with Crippen LogP contribution in [0.2, 0.25) is 5.02 Å². The van der Waals surface area contributed by atoms with Gasteiger partial charge in [-0.05, 0) is 55.0 Å². The molecule has 0 aromatic heterocycles. The molecule has 0 spiro atoms. The highest BCUT2D eigenvalue weighted by atomic mass is 35.5. The Morgan fingerprint density at radius 3 is 2.67 bits per heavy atom. The summed E-state index contributed by atoms with van der Waals surface area (Å²) in [5.74, 6) is 0.645. The normalized spacial score (nSPS) is 20.4. The summed E-state index contributed by atoms with van der Waals surface area (Å²) >= 11 is 5.95. The number of benzene rings is 2. The average molecular weight is 297 g/mol. The van der Waals surface area contributed by atoms with Gasteiger partial charge in [0.15, 0.2) is 0 Å². The molecule has 0 atom stereocenters. The molecule has 0 radical (unpaired) electrons. The van der Waals surface area contributed by atoms with Crippen molar-refractivity contribution in [3.63, 3.8) is 0 Å². The van der Waals surface area contributed by atoms with Crippen LogP contribution < -0.4 is 5.32 Å². The highest BCUT2D eigenvalue weighted by Gasteiger charge is 2.30. The molecule has 1 aliphatic carbocycles. The van der Waals surface area contributed by atoms with Crippen molar-refractivity contribution in [1.82, 2.24) is 0 Å². The third-order valence-corrected chi connectivity index (χ3v) is 4.55. The lowest BCUT2D eigenvalue weighted by Gasteiger charge is -2.37. The number of rotatable bonds is 3. The summed E-state index contributed by atoms with van der Waals surface area (Å²) in [5.41, 5.74) is 4.34. The molecule has 0 heterocycles. The average Bonchev–Trinajstić information content (AvgIpc) is 2.45. The van der Waals surface area contributed by atoms with E-state index in [0.29, 0.717) is 22.5 Å². The van der Waals surface area contributed by atoms with Crippen LogP contribution in [0, 0.1) is 18.3 Å². The summed E-state index contributed by atoms with van der Waals surface area (Å²) in [6.07, 6.45) is 2.27. The first-order valence-corrected chi connectivity index (χ1v) is 7.57. The molecule has 1 saturated carbocycles. The van der Waals surface area contributed by atoms with Crippen molar-refractivity contribution in [3.05, 3.63) is 64.2 Å². The number of nitriles is 1. The number of hydrogen-bond donors (Lipinski definition) is 1. The highest BCUT2D eigenvalue weighted by molar-refractivity contribution is 6.31. The quantitative estimate of drug-likeness (QED) is 0.876. The van der Waals surface area contributed by atoms with E-state index in [1.807, 2.05) is 12.1 Å². The van der Waals surface area contributed by atoms with E-state index in [4.69, 9.17) is 16.9 Å². The minimum Gasteiger partial charge on any atom is -0.382 e. The summed E-state index contributed by atoms with van der Waals surface area (Å²) < 4.78 is 0. The number of nitrogens with zero attached hydrogens (tertiary/aromatic N) is 1. The molecule has 3 heteroatoms. The van der Waals surface area contributed by atoms with Crippen LogP contribution >= 0.6 is 11.6 Å². The number of aryl methyl sites for hydroxylation is 1. The van der Waals surface area contributed by atoms with Crippen LogP contribution in [0.1, 0.15) is 35.4 Å². The Labute approximate surface area is 130 Å². The smallest absolute Gasteiger partial charge is 0.101 e. The van der Waals surface area contributed by atoms with Gasteiger partial charge in [-0.1, -0.05) is 35.9 Å². The number of halogens is 1. The molecular weight excluding hydrogens is 280 g/mol. The summed E-state index contributed by atoms with van der Waals surface area (Å²) in [6.45, 7) is 2.18. The molecule has 0 amide bonds. The Balaban J connectivity index is 1.63. The van der Waals surface area contributed by atoms with Gasteiger partial charge in [0.1, 0.15) is 6.07 Å². The van der Waals surface area contributed by atoms with Crippen LogP contribution in [0.15, 0.2) is 42.5 Å². The second-order valence-corrected chi connectivity index (χ2v) is 6.08. The Hall–Kier alpha value is -1.98. The molecule has 2 aromatic carbocycles. The first kappa shape index (κ1) is 14.0. The van der Waals surface area contributed by atoms with Crippen LogP contribution in [0.3, 0.4) is 0 Å². The fraction of sp³-hybridized carbons (Fsp3) is 0.278. The van der Waals surface area contributed by atoms with Gasteiger partial charge >= 0.3 is 0 Å². The van der Waals surface area contributed by atoms with E-state index >= 15 is 0 Å². The molecule has 2 aromatic rings. The van der Waals surface area contributed by atoms with Gasteiger partial charge in [0.05, 0.1) is 10.6 Å². The van der Waals surface area contributed by atoms with Crippen LogP contribution in [-0.2, 0) is 0 Å². The first-order valence-electron chi connectivity index (χ1n) is 7.19. The molecule has 0 unspecified atom stereocenters. The van der Waals surface area contributed by atoms with Crippen molar-refractivity contribution >= 4 is 17.3 Å². The standard InChI is InChI=1S/C18H17ClN2/c1-12-4-2-3-5-17(12)13-8-16(9-13)21-15-6-7-18(19)14(10-15)11-20/h2-7,10,13,16,21H,8-9H2,1H3. The van der Waals surface area contributed by atoms with E-state index in [-0.39, 0.29) is 0 Å². The molecular formula is C18H17ClN2. The summed E-state index contributed by atoms with van der Waals surface area (Å²) in [5, 5.41) is 13.0. The summed E-state index contributed by atoms with van der Waals surface area (Å²) in [7, 11) is 0. The maximum absolute atomic E-state index is 9.01. The largest absolute Gasteiger partial charge is 0.382 e.